The predicted octanol–water partition coefficient (Wildman–Crippen LogP) is 4.86. The highest BCUT2D eigenvalue weighted by molar-refractivity contribution is 7.10. The summed E-state index contributed by atoms with van der Waals surface area (Å²) in [6.45, 7) is 3.49. The fraction of sp³-hybridized carbons (Fsp3) is 0.312. The zero-order chi connectivity index (χ0) is 15.0. The highest BCUT2D eigenvalue weighted by Crippen LogP contribution is 2.33. The number of ketones is 1. The van der Waals surface area contributed by atoms with Crippen LogP contribution in [0, 0.1) is 0 Å². The van der Waals surface area contributed by atoms with Crippen molar-refractivity contribution in [2.45, 2.75) is 19.4 Å². The Morgan fingerprint density at radius 3 is 2.90 bits per heavy atom. The van der Waals surface area contributed by atoms with Gasteiger partial charge in [-0.1, -0.05) is 23.2 Å². The summed E-state index contributed by atoms with van der Waals surface area (Å²) in [6, 6.07) is 7.51. The molecule has 21 heavy (non-hydrogen) atoms. The summed E-state index contributed by atoms with van der Waals surface area (Å²) in [6.07, 6.45) is 1.02. The van der Waals surface area contributed by atoms with Gasteiger partial charge in [0, 0.05) is 23.0 Å². The number of hydrogen-bond donors (Lipinski definition) is 0. The Hall–Kier alpha value is -0.870. The topological polar surface area (TPSA) is 20.3 Å². The van der Waals surface area contributed by atoms with E-state index in [9.17, 15) is 4.79 Å². The van der Waals surface area contributed by atoms with Gasteiger partial charge in [0.1, 0.15) is 0 Å². The maximum atomic E-state index is 12.4. The molecule has 1 aliphatic rings. The SMILES string of the molecule is CC1c2ccsc2CCN1CC(=O)c1ccc(Cl)c(Cl)c1. The number of carbonyl (C=O) groups excluding carboxylic acids is 1. The van der Waals surface area contributed by atoms with Crippen LogP contribution in [0.4, 0.5) is 0 Å². The first kappa shape index (κ1) is 15.0. The molecular weight excluding hydrogens is 325 g/mol. The van der Waals surface area contributed by atoms with Gasteiger partial charge in [0.15, 0.2) is 5.78 Å². The number of halogens is 2. The first-order valence-corrected chi connectivity index (χ1v) is 8.48. The van der Waals surface area contributed by atoms with Crippen LogP contribution in [0.2, 0.25) is 10.0 Å². The van der Waals surface area contributed by atoms with Gasteiger partial charge in [-0.15, -0.1) is 11.3 Å². The second-order valence-electron chi connectivity index (χ2n) is 5.25. The van der Waals surface area contributed by atoms with Crippen molar-refractivity contribution >= 4 is 40.3 Å². The number of thiophene rings is 1. The van der Waals surface area contributed by atoms with Gasteiger partial charge >= 0.3 is 0 Å². The lowest BCUT2D eigenvalue weighted by Crippen LogP contribution is -2.37. The van der Waals surface area contributed by atoms with E-state index < -0.39 is 0 Å². The van der Waals surface area contributed by atoms with Gasteiger partial charge < -0.3 is 0 Å². The Morgan fingerprint density at radius 2 is 2.14 bits per heavy atom. The number of benzene rings is 1. The molecule has 2 nitrogen and oxygen atoms in total. The normalized spacial score (nSPS) is 18.5. The van der Waals surface area contributed by atoms with Crippen molar-refractivity contribution in [2.24, 2.45) is 0 Å². The zero-order valence-corrected chi connectivity index (χ0v) is 13.9. The summed E-state index contributed by atoms with van der Waals surface area (Å²) in [4.78, 5) is 16.1. The first-order chi connectivity index (χ1) is 10.1. The second kappa shape index (κ2) is 6.09. The Labute approximate surface area is 138 Å². The van der Waals surface area contributed by atoms with Crippen molar-refractivity contribution < 1.29 is 4.79 Å². The van der Waals surface area contributed by atoms with Crippen molar-refractivity contribution in [3.8, 4) is 0 Å². The molecule has 0 saturated heterocycles. The fourth-order valence-electron chi connectivity index (χ4n) is 2.72. The molecule has 5 heteroatoms. The summed E-state index contributed by atoms with van der Waals surface area (Å²) in [7, 11) is 0. The molecule has 1 atom stereocenters. The number of rotatable bonds is 3. The minimum Gasteiger partial charge on any atom is -0.293 e. The third-order valence-corrected chi connectivity index (χ3v) is 5.73. The number of hydrogen-bond acceptors (Lipinski definition) is 3. The molecule has 0 N–H and O–H groups in total. The van der Waals surface area contributed by atoms with Gasteiger partial charge in [0.2, 0.25) is 0 Å². The van der Waals surface area contributed by atoms with E-state index >= 15 is 0 Å². The quantitative estimate of drug-likeness (QED) is 0.744. The summed E-state index contributed by atoms with van der Waals surface area (Å²) in [5, 5.41) is 3.03. The summed E-state index contributed by atoms with van der Waals surface area (Å²) in [5.41, 5.74) is 1.97. The van der Waals surface area contributed by atoms with E-state index in [1.165, 1.54) is 10.4 Å². The predicted molar refractivity (Wildman–Crippen MR) is 88.8 cm³/mol. The summed E-state index contributed by atoms with van der Waals surface area (Å²) in [5.74, 6) is 0.0825. The monoisotopic (exact) mass is 339 g/mol. The zero-order valence-electron chi connectivity index (χ0n) is 11.6. The highest BCUT2D eigenvalue weighted by atomic mass is 35.5. The Balaban J connectivity index is 1.75. The van der Waals surface area contributed by atoms with Crippen LogP contribution in [-0.4, -0.2) is 23.8 Å². The maximum Gasteiger partial charge on any atom is 0.176 e. The maximum absolute atomic E-state index is 12.4. The van der Waals surface area contributed by atoms with Crippen LogP contribution in [0.15, 0.2) is 29.6 Å². The van der Waals surface area contributed by atoms with E-state index in [1.54, 1.807) is 29.5 Å². The van der Waals surface area contributed by atoms with Crippen LogP contribution in [0.1, 0.15) is 33.8 Å². The molecule has 0 saturated carbocycles. The third-order valence-electron chi connectivity index (χ3n) is 3.99. The van der Waals surface area contributed by atoms with Crippen molar-refractivity contribution in [3.63, 3.8) is 0 Å². The largest absolute Gasteiger partial charge is 0.293 e. The molecule has 0 amide bonds. The fourth-order valence-corrected chi connectivity index (χ4v) is 3.98. The van der Waals surface area contributed by atoms with Crippen LogP contribution in [-0.2, 0) is 6.42 Å². The van der Waals surface area contributed by atoms with E-state index in [2.05, 4.69) is 23.3 Å². The van der Waals surface area contributed by atoms with Gasteiger partial charge in [-0.05, 0) is 48.6 Å². The molecule has 0 fully saturated rings. The molecule has 0 aliphatic carbocycles. The first-order valence-electron chi connectivity index (χ1n) is 6.85. The van der Waals surface area contributed by atoms with Gasteiger partial charge in [-0.25, -0.2) is 0 Å². The molecule has 110 valence electrons. The molecule has 2 heterocycles. The molecule has 0 radical (unpaired) electrons. The van der Waals surface area contributed by atoms with E-state index in [1.807, 2.05) is 0 Å². The standard InChI is InChI=1S/C16H15Cl2NOS/c1-10-12-5-7-21-16(12)4-6-19(10)9-15(20)11-2-3-13(17)14(18)8-11/h2-3,5,7-8,10H,4,6,9H2,1H3. The summed E-state index contributed by atoms with van der Waals surface area (Å²) >= 11 is 13.7. The molecule has 0 bridgehead atoms. The van der Waals surface area contributed by atoms with Gasteiger partial charge in [0.05, 0.1) is 16.6 Å². The number of carbonyl (C=O) groups is 1. The van der Waals surface area contributed by atoms with Crippen LogP contribution in [0.25, 0.3) is 0 Å². The molecule has 1 aromatic heterocycles. The van der Waals surface area contributed by atoms with Crippen LogP contribution >= 0.6 is 34.5 Å². The molecule has 1 aromatic carbocycles. The third kappa shape index (κ3) is 3.02. The molecule has 1 aliphatic heterocycles. The molecule has 0 spiro atoms. The summed E-state index contributed by atoms with van der Waals surface area (Å²) < 4.78 is 0. The minimum atomic E-state index is 0.0825. The van der Waals surface area contributed by atoms with E-state index in [4.69, 9.17) is 23.2 Å². The van der Waals surface area contributed by atoms with Gasteiger partial charge in [-0.2, -0.15) is 0 Å². The van der Waals surface area contributed by atoms with E-state index in [0.717, 1.165) is 13.0 Å². The number of fused-ring (bicyclic) bond motifs is 1. The minimum absolute atomic E-state index is 0.0825. The van der Waals surface area contributed by atoms with E-state index in [-0.39, 0.29) is 11.8 Å². The average Bonchev–Trinajstić information content (AvgIpc) is 2.94. The van der Waals surface area contributed by atoms with Crippen LogP contribution in [0.3, 0.4) is 0 Å². The Morgan fingerprint density at radius 1 is 1.33 bits per heavy atom. The van der Waals surface area contributed by atoms with Gasteiger partial charge in [0.25, 0.3) is 0 Å². The lowest BCUT2D eigenvalue weighted by Gasteiger charge is -2.33. The second-order valence-corrected chi connectivity index (χ2v) is 7.06. The van der Waals surface area contributed by atoms with Crippen molar-refractivity contribution in [3.05, 3.63) is 55.7 Å². The van der Waals surface area contributed by atoms with Gasteiger partial charge in [-0.3, -0.25) is 9.69 Å². The lowest BCUT2D eigenvalue weighted by atomic mass is 10.0. The van der Waals surface area contributed by atoms with Crippen molar-refractivity contribution in [1.29, 1.82) is 0 Å². The van der Waals surface area contributed by atoms with E-state index in [0.29, 0.717) is 22.2 Å². The number of Topliss-reactive ketones (excluding diaryl/α,β-unsaturated/α-hetero) is 1. The number of nitrogens with zero attached hydrogens (tertiary/aromatic N) is 1. The molecule has 1 unspecified atom stereocenters. The molecular formula is C16H15Cl2NOS. The van der Waals surface area contributed by atoms with Crippen molar-refractivity contribution in [2.75, 3.05) is 13.1 Å². The van der Waals surface area contributed by atoms with Crippen molar-refractivity contribution in [1.82, 2.24) is 4.90 Å². The Kier molecular flexibility index (Phi) is 4.36. The molecule has 3 rings (SSSR count). The smallest absolute Gasteiger partial charge is 0.176 e. The van der Waals surface area contributed by atoms with Crippen LogP contribution < -0.4 is 0 Å². The highest BCUT2D eigenvalue weighted by Gasteiger charge is 2.26. The average molecular weight is 340 g/mol. The lowest BCUT2D eigenvalue weighted by molar-refractivity contribution is 0.0891. The molecule has 2 aromatic rings. The van der Waals surface area contributed by atoms with Crippen LogP contribution in [0.5, 0.6) is 0 Å². The Bertz CT molecular complexity index is 683.